The second-order valence-corrected chi connectivity index (χ2v) is 4.42. The van der Waals surface area contributed by atoms with Crippen molar-refractivity contribution in [1.29, 1.82) is 0 Å². The molecule has 1 N–H and O–H groups in total. The monoisotopic (exact) mass is 259 g/mol. The van der Waals surface area contributed by atoms with Crippen LogP contribution in [0.1, 0.15) is 26.1 Å². The van der Waals surface area contributed by atoms with E-state index in [4.69, 9.17) is 0 Å². The zero-order valence-electron chi connectivity index (χ0n) is 10.6. The van der Waals surface area contributed by atoms with Crippen LogP contribution in [0.25, 0.3) is 0 Å². The summed E-state index contributed by atoms with van der Waals surface area (Å²) in [6.45, 7) is 9.55. The number of halogens is 1. The smallest absolute Gasteiger partial charge is 0.141 e. The van der Waals surface area contributed by atoms with E-state index in [0.717, 1.165) is 45.0 Å². The number of nitrogens with one attached hydrogen (secondary N) is 1. The Morgan fingerprint density at radius 3 is 3.06 bits per heavy atom. The summed E-state index contributed by atoms with van der Waals surface area (Å²) in [6, 6.07) is 0.584. The predicted octanol–water partition coefficient (Wildman–Crippen LogP) is 0.904. The number of piperazine rings is 1. The van der Waals surface area contributed by atoms with Crippen LogP contribution in [0, 0.1) is 0 Å². The third-order valence-electron chi connectivity index (χ3n) is 3.11. The zero-order valence-corrected chi connectivity index (χ0v) is 11.4. The minimum atomic E-state index is 0. The van der Waals surface area contributed by atoms with Gasteiger partial charge in [0.15, 0.2) is 0 Å². The first-order valence-corrected chi connectivity index (χ1v) is 6.12. The molecule has 1 atom stereocenters. The molecule has 17 heavy (non-hydrogen) atoms. The average Bonchev–Trinajstić information content (AvgIpc) is 2.70. The first-order chi connectivity index (χ1) is 7.81. The Balaban J connectivity index is 0.00000144. The van der Waals surface area contributed by atoms with Gasteiger partial charge in [-0.15, -0.1) is 12.4 Å². The topological polar surface area (TPSA) is 46.0 Å². The molecule has 2 rings (SSSR count). The van der Waals surface area contributed by atoms with E-state index >= 15 is 0 Å². The molecule has 6 heteroatoms. The third-order valence-corrected chi connectivity index (χ3v) is 3.11. The summed E-state index contributed by atoms with van der Waals surface area (Å²) in [6.07, 6.45) is 2.77. The molecule has 1 aliphatic heterocycles. The Morgan fingerprint density at radius 2 is 2.35 bits per heavy atom. The second kappa shape index (κ2) is 6.93. The van der Waals surface area contributed by atoms with Gasteiger partial charge in [-0.05, 0) is 13.3 Å². The highest BCUT2D eigenvalue weighted by Gasteiger charge is 2.19. The van der Waals surface area contributed by atoms with Crippen molar-refractivity contribution < 1.29 is 0 Å². The molecule has 1 aromatic heterocycles. The van der Waals surface area contributed by atoms with Gasteiger partial charge in [-0.2, -0.15) is 5.10 Å². The lowest BCUT2D eigenvalue weighted by Gasteiger charge is -2.33. The van der Waals surface area contributed by atoms with Gasteiger partial charge < -0.3 is 5.32 Å². The standard InChI is InChI=1S/C11H21N5.ClH/c1-3-5-16-11(13-9-14-16)8-15-6-4-12-7-10(15)2;/h9-10,12H,3-8H2,1-2H3;1H/t10-;/m1./s1. The normalized spacial score (nSPS) is 21.2. The largest absolute Gasteiger partial charge is 0.314 e. The SMILES string of the molecule is CCCn1ncnc1CN1CCNC[C@H]1C.Cl. The Morgan fingerprint density at radius 1 is 1.53 bits per heavy atom. The maximum absolute atomic E-state index is 4.35. The first-order valence-electron chi connectivity index (χ1n) is 6.12. The van der Waals surface area contributed by atoms with E-state index in [0.29, 0.717) is 6.04 Å². The molecular formula is C11H22ClN5. The average molecular weight is 260 g/mol. The highest BCUT2D eigenvalue weighted by atomic mass is 35.5. The van der Waals surface area contributed by atoms with E-state index in [-0.39, 0.29) is 12.4 Å². The molecule has 2 heterocycles. The number of hydrogen-bond acceptors (Lipinski definition) is 4. The summed E-state index contributed by atoms with van der Waals surface area (Å²) in [5, 5.41) is 7.66. The van der Waals surface area contributed by atoms with Crippen LogP contribution in [-0.2, 0) is 13.1 Å². The van der Waals surface area contributed by atoms with E-state index in [1.807, 2.05) is 4.68 Å². The Labute approximate surface area is 109 Å². The molecule has 0 amide bonds. The minimum Gasteiger partial charge on any atom is -0.314 e. The maximum atomic E-state index is 4.35. The Kier molecular flexibility index (Phi) is 5.88. The number of aromatic nitrogens is 3. The van der Waals surface area contributed by atoms with Gasteiger partial charge in [0.25, 0.3) is 0 Å². The van der Waals surface area contributed by atoms with Gasteiger partial charge in [0, 0.05) is 32.2 Å². The van der Waals surface area contributed by atoms with Crippen molar-refractivity contribution in [3.63, 3.8) is 0 Å². The van der Waals surface area contributed by atoms with Crippen molar-refractivity contribution in [2.24, 2.45) is 0 Å². The van der Waals surface area contributed by atoms with Crippen LogP contribution in [0.15, 0.2) is 6.33 Å². The molecule has 0 unspecified atom stereocenters. The highest BCUT2D eigenvalue weighted by Crippen LogP contribution is 2.08. The maximum Gasteiger partial charge on any atom is 0.141 e. The van der Waals surface area contributed by atoms with Crippen molar-refractivity contribution >= 4 is 12.4 Å². The van der Waals surface area contributed by atoms with E-state index in [1.165, 1.54) is 0 Å². The van der Waals surface area contributed by atoms with E-state index in [2.05, 4.69) is 34.1 Å². The molecule has 0 radical (unpaired) electrons. The number of nitrogens with zero attached hydrogens (tertiary/aromatic N) is 4. The van der Waals surface area contributed by atoms with Crippen molar-refractivity contribution in [1.82, 2.24) is 25.0 Å². The molecule has 1 aliphatic rings. The third kappa shape index (κ3) is 3.66. The summed E-state index contributed by atoms with van der Waals surface area (Å²) >= 11 is 0. The van der Waals surface area contributed by atoms with Crippen molar-refractivity contribution in [2.75, 3.05) is 19.6 Å². The lowest BCUT2D eigenvalue weighted by atomic mass is 10.2. The van der Waals surface area contributed by atoms with Gasteiger partial charge >= 0.3 is 0 Å². The van der Waals surface area contributed by atoms with Crippen molar-refractivity contribution in [3.05, 3.63) is 12.2 Å². The number of aryl methyl sites for hydroxylation is 1. The second-order valence-electron chi connectivity index (χ2n) is 4.42. The molecule has 1 aromatic rings. The molecule has 0 bridgehead atoms. The van der Waals surface area contributed by atoms with Crippen LogP contribution in [0.2, 0.25) is 0 Å². The van der Waals surface area contributed by atoms with Gasteiger partial charge in [0.1, 0.15) is 12.2 Å². The minimum absolute atomic E-state index is 0. The lowest BCUT2D eigenvalue weighted by Crippen LogP contribution is -2.49. The Hall–Kier alpha value is -0.650. The fourth-order valence-electron chi connectivity index (χ4n) is 2.11. The predicted molar refractivity (Wildman–Crippen MR) is 70.3 cm³/mol. The van der Waals surface area contributed by atoms with E-state index in [1.54, 1.807) is 6.33 Å². The van der Waals surface area contributed by atoms with Crippen LogP contribution in [-0.4, -0.2) is 45.3 Å². The zero-order chi connectivity index (χ0) is 11.4. The van der Waals surface area contributed by atoms with Gasteiger partial charge in [0.2, 0.25) is 0 Å². The summed E-state index contributed by atoms with van der Waals surface area (Å²) in [5.74, 6) is 1.09. The molecular weight excluding hydrogens is 238 g/mol. The molecule has 0 saturated carbocycles. The number of rotatable bonds is 4. The summed E-state index contributed by atoms with van der Waals surface area (Å²) in [5.41, 5.74) is 0. The van der Waals surface area contributed by atoms with Crippen LogP contribution in [0.3, 0.4) is 0 Å². The van der Waals surface area contributed by atoms with Crippen LogP contribution in [0.4, 0.5) is 0 Å². The van der Waals surface area contributed by atoms with Gasteiger partial charge in [0.05, 0.1) is 6.54 Å². The van der Waals surface area contributed by atoms with Gasteiger partial charge in [-0.1, -0.05) is 6.92 Å². The fraction of sp³-hybridized carbons (Fsp3) is 0.818. The molecule has 1 fully saturated rings. The molecule has 0 aromatic carbocycles. The lowest BCUT2D eigenvalue weighted by molar-refractivity contribution is 0.159. The number of hydrogen-bond donors (Lipinski definition) is 1. The Bertz CT molecular complexity index is 327. The summed E-state index contributed by atoms with van der Waals surface area (Å²) < 4.78 is 2.02. The summed E-state index contributed by atoms with van der Waals surface area (Å²) in [4.78, 5) is 6.82. The summed E-state index contributed by atoms with van der Waals surface area (Å²) in [7, 11) is 0. The van der Waals surface area contributed by atoms with Crippen molar-refractivity contribution in [3.8, 4) is 0 Å². The molecule has 0 spiro atoms. The molecule has 0 aliphatic carbocycles. The van der Waals surface area contributed by atoms with Gasteiger partial charge in [-0.25, -0.2) is 9.67 Å². The highest BCUT2D eigenvalue weighted by molar-refractivity contribution is 5.85. The molecule has 98 valence electrons. The molecule has 1 saturated heterocycles. The quantitative estimate of drug-likeness (QED) is 0.873. The van der Waals surface area contributed by atoms with E-state index in [9.17, 15) is 0 Å². The van der Waals surface area contributed by atoms with Crippen LogP contribution >= 0.6 is 12.4 Å². The van der Waals surface area contributed by atoms with Crippen LogP contribution < -0.4 is 5.32 Å². The molecule has 5 nitrogen and oxygen atoms in total. The fourth-order valence-corrected chi connectivity index (χ4v) is 2.11. The first kappa shape index (κ1) is 14.4. The van der Waals surface area contributed by atoms with E-state index < -0.39 is 0 Å². The van der Waals surface area contributed by atoms with Gasteiger partial charge in [-0.3, -0.25) is 4.90 Å². The van der Waals surface area contributed by atoms with Crippen LogP contribution in [0.5, 0.6) is 0 Å². The van der Waals surface area contributed by atoms with Crippen molar-refractivity contribution in [2.45, 2.75) is 39.4 Å².